The zero-order valence-electron chi connectivity index (χ0n) is 10.0. The van der Waals surface area contributed by atoms with Crippen LogP contribution in [0, 0.1) is 6.92 Å². The average molecular weight is 230 g/mol. The lowest BCUT2D eigenvalue weighted by Crippen LogP contribution is -1.95. The molecule has 0 radical (unpaired) electrons. The van der Waals surface area contributed by atoms with Gasteiger partial charge in [-0.05, 0) is 36.8 Å². The molecule has 0 saturated heterocycles. The van der Waals surface area contributed by atoms with Gasteiger partial charge in [-0.1, -0.05) is 29.8 Å². The molecule has 5 N–H and O–H groups in total. The number of ether oxygens (including phenoxy) is 1. The molecule has 0 atom stereocenters. The third-order valence-corrected chi connectivity index (χ3v) is 2.42. The predicted molar refractivity (Wildman–Crippen MR) is 70.6 cm³/mol. The Balaban J connectivity index is 0.00000144. The molecule has 0 aliphatic heterocycles. The number of rotatable bonds is 3. The maximum Gasteiger partial charge on any atom is 0.127 e. The first-order chi connectivity index (χ1) is 7.78. The highest BCUT2D eigenvalue weighted by molar-refractivity contribution is 5.34. The fourth-order valence-electron chi connectivity index (χ4n) is 1.44. The fraction of sp³-hybridized carbons (Fsp3) is 0.143. The highest BCUT2D eigenvalue weighted by Gasteiger charge is 1.96. The van der Waals surface area contributed by atoms with Gasteiger partial charge >= 0.3 is 0 Å². The maximum absolute atomic E-state index is 5.69. The van der Waals surface area contributed by atoms with Crippen molar-refractivity contribution in [3.8, 4) is 11.5 Å². The molecule has 17 heavy (non-hydrogen) atoms. The summed E-state index contributed by atoms with van der Waals surface area (Å²) in [5, 5.41) is 0. The molecule has 0 aromatic heterocycles. The molecule has 0 saturated carbocycles. The van der Waals surface area contributed by atoms with Gasteiger partial charge in [0.15, 0.2) is 0 Å². The molecule has 0 unspecified atom stereocenters. The Morgan fingerprint density at radius 1 is 0.882 bits per heavy atom. The van der Waals surface area contributed by atoms with Gasteiger partial charge in [-0.2, -0.15) is 0 Å². The molecule has 3 nitrogen and oxygen atoms in total. The summed E-state index contributed by atoms with van der Waals surface area (Å²) in [5.74, 6) is 1.69. The van der Waals surface area contributed by atoms with Gasteiger partial charge in [0, 0.05) is 6.54 Å². The lowest BCUT2D eigenvalue weighted by molar-refractivity contribution is 0.482. The topological polar surface area (TPSA) is 70.2 Å². The monoisotopic (exact) mass is 230 g/mol. The smallest absolute Gasteiger partial charge is 0.127 e. The molecule has 0 aliphatic rings. The summed E-state index contributed by atoms with van der Waals surface area (Å²) >= 11 is 0. The minimum absolute atomic E-state index is 0. The first-order valence-corrected chi connectivity index (χ1v) is 5.31. The molecule has 2 rings (SSSR count). The van der Waals surface area contributed by atoms with Crippen LogP contribution in [0.5, 0.6) is 11.5 Å². The molecular weight excluding hydrogens is 212 g/mol. The quantitative estimate of drug-likeness (QED) is 0.848. The molecule has 0 fully saturated rings. The van der Waals surface area contributed by atoms with Crippen molar-refractivity contribution in [2.45, 2.75) is 13.5 Å². The Bertz CT molecular complexity index is 449. The largest absolute Gasteiger partial charge is 0.457 e. The van der Waals surface area contributed by atoms with E-state index in [0.29, 0.717) is 6.54 Å². The zero-order chi connectivity index (χ0) is 11.4. The van der Waals surface area contributed by atoms with Crippen LogP contribution in [-0.2, 0) is 6.54 Å². The van der Waals surface area contributed by atoms with Crippen LogP contribution < -0.4 is 16.6 Å². The minimum atomic E-state index is 0. The SMILES string of the molecule is Cc1ccc(Oc2ccc(CN)cc2)cc1.N. The Kier molecular flexibility index (Phi) is 4.69. The van der Waals surface area contributed by atoms with Gasteiger partial charge in [0.25, 0.3) is 0 Å². The molecule has 2 aromatic carbocycles. The zero-order valence-corrected chi connectivity index (χ0v) is 10.0. The Morgan fingerprint density at radius 3 is 1.82 bits per heavy atom. The van der Waals surface area contributed by atoms with Crippen LogP contribution in [-0.4, -0.2) is 0 Å². The van der Waals surface area contributed by atoms with Gasteiger partial charge in [0.05, 0.1) is 0 Å². The van der Waals surface area contributed by atoms with Crippen LogP contribution in [0.25, 0.3) is 0 Å². The van der Waals surface area contributed by atoms with Crippen molar-refractivity contribution in [3.63, 3.8) is 0 Å². The summed E-state index contributed by atoms with van der Waals surface area (Å²) < 4.78 is 5.69. The second-order valence-corrected chi connectivity index (χ2v) is 3.76. The van der Waals surface area contributed by atoms with E-state index in [1.165, 1.54) is 5.56 Å². The molecule has 3 heteroatoms. The molecule has 2 aromatic rings. The Labute approximate surface area is 102 Å². The van der Waals surface area contributed by atoms with E-state index in [2.05, 4.69) is 6.92 Å². The number of aryl methyl sites for hydroxylation is 1. The molecule has 0 spiro atoms. The van der Waals surface area contributed by atoms with Crippen molar-refractivity contribution in [1.82, 2.24) is 6.15 Å². The summed E-state index contributed by atoms with van der Waals surface area (Å²) in [5.41, 5.74) is 7.86. The van der Waals surface area contributed by atoms with Crippen LogP contribution in [0.4, 0.5) is 0 Å². The van der Waals surface area contributed by atoms with E-state index in [-0.39, 0.29) is 6.15 Å². The molecule has 0 bridgehead atoms. The van der Waals surface area contributed by atoms with Crippen LogP contribution in [0.3, 0.4) is 0 Å². The summed E-state index contributed by atoms with van der Waals surface area (Å²) in [6.45, 7) is 2.62. The standard InChI is InChI=1S/C14H15NO.H3N/c1-11-2-6-13(7-3-11)16-14-8-4-12(10-15)5-9-14;/h2-9H,10,15H2,1H3;1H3. The average Bonchev–Trinajstić information content (AvgIpc) is 2.33. The number of hydrogen-bond donors (Lipinski definition) is 2. The van der Waals surface area contributed by atoms with Gasteiger partial charge < -0.3 is 16.6 Å². The third kappa shape index (κ3) is 3.59. The van der Waals surface area contributed by atoms with Crippen molar-refractivity contribution in [2.24, 2.45) is 5.73 Å². The van der Waals surface area contributed by atoms with E-state index in [1.807, 2.05) is 48.5 Å². The molecule has 90 valence electrons. The van der Waals surface area contributed by atoms with E-state index in [1.54, 1.807) is 0 Å². The summed E-state index contributed by atoms with van der Waals surface area (Å²) in [7, 11) is 0. The van der Waals surface area contributed by atoms with Crippen LogP contribution in [0.15, 0.2) is 48.5 Å². The summed E-state index contributed by atoms with van der Waals surface area (Å²) in [6, 6.07) is 15.8. The van der Waals surface area contributed by atoms with Crippen molar-refractivity contribution >= 4 is 0 Å². The maximum atomic E-state index is 5.69. The number of benzene rings is 2. The predicted octanol–water partition coefficient (Wildman–Crippen LogP) is 3.41. The fourth-order valence-corrected chi connectivity index (χ4v) is 1.44. The summed E-state index contributed by atoms with van der Waals surface area (Å²) in [4.78, 5) is 0. The van der Waals surface area contributed by atoms with Crippen molar-refractivity contribution in [2.75, 3.05) is 0 Å². The highest BCUT2D eigenvalue weighted by Crippen LogP contribution is 2.21. The second-order valence-electron chi connectivity index (χ2n) is 3.76. The van der Waals surface area contributed by atoms with Crippen LogP contribution in [0.2, 0.25) is 0 Å². The van der Waals surface area contributed by atoms with Crippen molar-refractivity contribution < 1.29 is 4.74 Å². The van der Waals surface area contributed by atoms with E-state index in [4.69, 9.17) is 10.5 Å². The summed E-state index contributed by atoms with van der Waals surface area (Å²) in [6.07, 6.45) is 0. The lowest BCUT2D eigenvalue weighted by Gasteiger charge is -2.06. The van der Waals surface area contributed by atoms with E-state index < -0.39 is 0 Å². The second kappa shape index (κ2) is 6.03. The molecule has 0 amide bonds. The molecular formula is C14H18N2O. The first kappa shape index (κ1) is 13.2. The first-order valence-electron chi connectivity index (χ1n) is 5.31. The number of nitrogens with two attached hydrogens (primary N) is 1. The third-order valence-electron chi connectivity index (χ3n) is 2.42. The Hall–Kier alpha value is -1.84. The van der Waals surface area contributed by atoms with Gasteiger partial charge in [0.1, 0.15) is 11.5 Å². The van der Waals surface area contributed by atoms with Gasteiger partial charge in [-0.3, -0.25) is 0 Å². The van der Waals surface area contributed by atoms with Crippen LogP contribution in [0.1, 0.15) is 11.1 Å². The minimum Gasteiger partial charge on any atom is -0.457 e. The van der Waals surface area contributed by atoms with Gasteiger partial charge in [0.2, 0.25) is 0 Å². The van der Waals surface area contributed by atoms with Gasteiger partial charge in [-0.25, -0.2) is 0 Å². The van der Waals surface area contributed by atoms with E-state index in [9.17, 15) is 0 Å². The van der Waals surface area contributed by atoms with Gasteiger partial charge in [-0.15, -0.1) is 0 Å². The highest BCUT2D eigenvalue weighted by atomic mass is 16.5. The van der Waals surface area contributed by atoms with Crippen LogP contribution >= 0.6 is 0 Å². The van der Waals surface area contributed by atoms with Crippen molar-refractivity contribution in [1.29, 1.82) is 0 Å². The normalized spacial score (nSPS) is 9.53. The Morgan fingerprint density at radius 2 is 1.35 bits per heavy atom. The molecule has 0 heterocycles. The van der Waals surface area contributed by atoms with E-state index >= 15 is 0 Å². The van der Waals surface area contributed by atoms with E-state index in [0.717, 1.165) is 17.1 Å². The lowest BCUT2D eigenvalue weighted by atomic mass is 10.2. The number of hydrogen-bond acceptors (Lipinski definition) is 3. The molecule has 0 aliphatic carbocycles. The van der Waals surface area contributed by atoms with Crippen molar-refractivity contribution in [3.05, 3.63) is 59.7 Å².